The molecule has 0 spiro atoms. The number of nitrogens with two attached hydrogens (primary N) is 1. The van der Waals surface area contributed by atoms with Gasteiger partial charge < -0.3 is 50.6 Å². The summed E-state index contributed by atoms with van der Waals surface area (Å²) in [5.41, 5.74) is 7.35. The Kier molecular flexibility index (Phi) is 15.8. The van der Waals surface area contributed by atoms with Gasteiger partial charge in [-0.05, 0) is 121 Å². The topological polar surface area (TPSA) is 273 Å². The largest absolute Gasteiger partial charge is 0.487 e. The van der Waals surface area contributed by atoms with Gasteiger partial charge in [-0.15, -0.1) is 0 Å². The summed E-state index contributed by atoms with van der Waals surface area (Å²) >= 11 is 0. The fourth-order valence-electron chi connectivity index (χ4n) is 9.68. The molecule has 2 fully saturated rings. The van der Waals surface area contributed by atoms with Gasteiger partial charge in [0.1, 0.15) is 40.8 Å². The van der Waals surface area contributed by atoms with Crippen LogP contribution in [0.15, 0.2) is 57.3 Å². The number of benzene rings is 3. The van der Waals surface area contributed by atoms with Crippen molar-refractivity contribution in [2.24, 2.45) is 16.1 Å². The van der Waals surface area contributed by atoms with Crippen LogP contribution < -0.4 is 41.5 Å². The number of aromatic carboxylic acids is 1. The molecule has 4 aromatic rings. The Balaban J connectivity index is 0.950. The minimum Gasteiger partial charge on any atom is -0.487 e. The minimum absolute atomic E-state index is 0.00768. The van der Waals surface area contributed by atoms with Crippen molar-refractivity contribution in [1.82, 2.24) is 24.8 Å². The average Bonchev–Trinajstić information content (AvgIpc) is 3.66. The Bertz CT molecular complexity index is 3050. The molecule has 3 aromatic carbocycles. The van der Waals surface area contributed by atoms with Crippen molar-refractivity contribution in [3.63, 3.8) is 0 Å². The number of carboxylic acids is 1. The van der Waals surface area contributed by atoms with E-state index in [0.29, 0.717) is 72.4 Å². The van der Waals surface area contributed by atoms with E-state index >= 15 is 4.39 Å². The van der Waals surface area contributed by atoms with E-state index in [1.165, 1.54) is 17.2 Å². The monoisotopic (exact) mass is 1030 g/mol. The van der Waals surface area contributed by atoms with E-state index < -0.39 is 73.7 Å². The van der Waals surface area contributed by atoms with Crippen LogP contribution in [0.4, 0.5) is 20.6 Å². The van der Waals surface area contributed by atoms with E-state index in [1.807, 2.05) is 20.8 Å². The van der Waals surface area contributed by atoms with Crippen LogP contribution in [-0.4, -0.2) is 110 Å². The van der Waals surface area contributed by atoms with Gasteiger partial charge in [0.05, 0.1) is 16.1 Å². The highest BCUT2D eigenvalue weighted by Gasteiger charge is 2.51. The van der Waals surface area contributed by atoms with E-state index in [4.69, 9.17) is 15.2 Å². The molecule has 73 heavy (non-hydrogen) atoms. The summed E-state index contributed by atoms with van der Waals surface area (Å²) in [6.45, 7) is 14.2. The number of pyridine rings is 1. The third-order valence-corrected chi connectivity index (χ3v) is 15.6. The molecule has 1 saturated heterocycles. The van der Waals surface area contributed by atoms with Crippen molar-refractivity contribution in [2.45, 2.75) is 117 Å². The van der Waals surface area contributed by atoms with Crippen LogP contribution in [0.3, 0.4) is 0 Å². The Morgan fingerprint density at radius 3 is 2.27 bits per heavy atom. The first kappa shape index (κ1) is 53.6. The van der Waals surface area contributed by atoms with Crippen LogP contribution in [0.5, 0.6) is 5.75 Å². The first-order valence-corrected chi connectivity index (χ1v) is 25.9. The molecule has 1 aromatic heterocycles. The highest BCUT2D eigenvalue weighted by Crippen LogP contribution is 2.44. The number of piperazine rings is 1. The number of ether oxygens (including phenoxy) is 2. The number of halogens is 1. The number of anilines is 2. The molecule has 392 valence electrons. The zero-order valence-electron chi connectivity index (χ0n) is 42.2. The lowest BCUT2D eigenvalue weighted by atomic mass is 9.67. The van der Waals surface area contributed by atoms with E-state index in [9.17, 15) is 42.3 Å². The molecule has 0 unspecified atom stereocenters. The second-order valence-electron chi connectivity index (χ2n) is 19.4. The van der Waals surface area contributed by atoms with Gasteiger partial charge >= 0.3 is 12.1 Å². The number of carbonyl (C=O) groups excluding carboxylic acids is 4. The number of carbonyl (C=O) groups is 5. The van der Waals surface area contributed by atoms with Crippen molar-refractivity contribution >= 4 is 68.0 Å². The minimum atomic E-state index is -4.16. The lowest BCUT2D eigenvalue weighted by Crippen LogP contribution is -2.58. The number of carboxylic acid groups (broad SMARTS) is 1. The van der Waals surface area contributed by atoms with Crippen molar-refractivity contribution in [2.75, 3.05) is 49.5 Å². The summed E-state index contributed by atoms with van der Waals surface area (Å²) < 4.78 is 58.6. The summed E-state index contributed by atoms with van der Waals surface area (Å²) in [5, 5.41) is 17.8. The quantitative estimate of drug-likeness (QED) is 0.0361. The van der Waals surface area contributed by atoms with Crippen molar-refractivity contribution in [3.05, 3.63) is 92.0 Å². The molecule has 7 rings (SSSR count). The molecule has 0 radical (unpaired) electrons. The summed E-state index contributed by atoms with van der Waals surface area (Å²) in [7, 11) is -4.16. The number of aryl methyl sites for hydroxylation is 1. The van der Waals surface area contributed by atoms with Gasteiger partial charge in [0, 0.05) is 75.1 Å². The first-order valence-electron chi connectivity index (χ1n) is 24.4. The highest BCUT2D eigenvalue weighted by molar-refractivity contribution is 7.90. The molecule has 2 aliphatic heterocycles. The molecular weight excluding hydrogens is 966 g/mol. The normalized spacial score (nSPS) is 16.4. The molecular formula is C51H64FN9O11S. The molecule has 1 atom stereocenters. The molecule has 0 bridgehead atoms. The van der Waals surface area contributed by atoms with E-state index in [1.54, 1.807) is 61.4 Å². The third-order valence-electron chi connectivity index (χ3n) is 14.0. The second-order valence-corrected chi connectivity index (χ2v) is 21.0. The average molecular weight is 1030 g/mol. The number of guanidine groups is 1. The van der Waals surface area contributed by atoms with Gasteiger partial charge in [0.15, 0.2) is 0 Å². The maximum absolute atomic E-state index is 15.4. The molecule has 7 N–H and O–H groups in total. The maximum Gasteiger partial charge on any atom is 0.410 e. The Hall–Kier alpha value is -7.23. The Morgan fingerprint density at radius 1 is 0.973 bits per heavy atom. The number of rotatable bonds is 17. The van der Waals surface area contributed by atoms with Gasteiger partial charge in [0.2, 0.25) is 29.1 Å². The van der Waals surface area contributed by atoms with Crippen LogP contribution in [0.25, 0.3) is 10.9 Å². The summed E-state index contributed by atoms with van der Waals surface area (Å²) in [6.07, 6.45) is 2.76. The summed E-state index contributed by atoms with van der Waals surface area (Å²) in [6, 6.07) is 7.99. The molecule has 1 saturated carbocycles. The molecule has 22 heteroatoms. The third kappa shape index (κ3) is 11.2. The summed E-state index contributed by atoms with van der Waals surface area (Å²) in [5.74, 6) is -3.31. The van der Waals surface area contributed by atoms with Crippen LogP contribution in [0, 0.1) is 32.0 Å². The number of hydrogen-bond acceptors (Lipinski definition) is 12. The van der Waals surface area contributed by atoms with Crippen LogP contribution in [0.2, 0.25) is 0 Å². The van der Waals surface area contributed by atoms with Crippen LogP contribution in [0.1, 0.15) is 98.0 Å². The Morgan fingerprint density at radius 2 is 1.66 bits per heavy atom. The lowest BCUT2D eigenvalue weighted by Gasteiger charge is -2.39. The van der Waals surface area contributed by atoms with E-state index in [-0.39, 0.29) is 74.1 Å². The van der Waals surface area contributed by atoms with Gasteiger partial charge in [-0.3, -0.25) is 24.2 Å². The molecule has 1 aliphatic carbocycles. The number of aromatic nitrogens is 1. The first-order chi connectivity index (χ1) is 34.5. The maximum atomic E-state index is 15.4. The molecule has 20 nitrogen and oxygen atoms in total. The van der Waals surface area contributed by atoms with Crippen molar-refractivity contribution < 1.29 is 51.4 Å². The van der Waals surface area contributed by atoms with E-state index in [0.717, 1.165) is 17.2 Å². The number of sulfonamides is 1. The van der Waals surface area contributed by atoms with Gasteiger partial charge in [-0.1, -0.05) is 18.6 Å². The highest BCUT2D eigenvalue weighted by atomic mass is 32.2. The zero-order chi connectivity index (χ0) is 53.2. The van der Waals surface area contributed by atoms with Crippen LogP contribution in [-0.2, 0) is 48.7 Å². The van der Waals surface area contributed by atoms with E-state index in [2.05, 4.69) is 25.7 Å². The van der Waals surface area contributed by atoms with Crippen molar-refractivity contribution in [3.8, 4) is 5.75 Å². The fourth-order valence-corrected chi connectivity index (χ4v) is 11.2. The number of nitrogens with one attached hydrogen (secondary N) is 4. The number of amides is 4. The zero-order valence-corrected chi connectivity index (χ0v) is 43.0. The van der Waals surface area contributed by atoms with Crippen LogP contribution >= 0.6 is 0 Å². The molecule has 4 amide bonds. The SMILES string of the molecule is CCNC(=O)C1(C(=O)N[C@@H](CCCN=C(N)NS(=O)(=O)c2c(C)c(C)c3c(c2C)CC(C)(C)O3)C(=O)Nc2ccc(COC(=O)N3CCN(c4cc5c(cc4F)c(=O)c(C(=O)O)cn5CC)CC3)cc2)CCC1. The number of fused-ring (bicyclic) bond motifs is 2. The predicted octanol–water partition coefficient (Wildman–Crippen LogP) is 4.76. The summed E-state index contributed by atoms with van der Waals surface area (Å²) in [4.78, 5) is 85.9. The van der Waals surface area contributed by atoms with Gasteiger partial charge in [-0.2, -0.15) is 0 Å². The van der Waals surface area contributed by atoms with Gasteiger partial charge in [-0.25, -0.2) is 27.1 Å². The predicted molar refractivity (Wildman–Crippen MR) is 272 cm³/mol. The standard InChI is InChI=1S/C51H64FN9O11S/c1-8-54-46(66)51(17-11-18-51)47(67)57-38(12-10-19-55-48(53)58-73(69,70)43-30(4)29(3)42-35(31(43)5)26-50(6,7)72-42)44(63)56-33-15-13-32(14-16-33)28-71-49(68)61-22-20-60(21-23-61)40-25-39-34(24-37(40)52)41(62)36(45(64)65)27-59(39)9-2/h13-16,24-25,27,38H,8-12,17-23,26,28H2,1-7H3,(H,54,66)(H,56,63)(H,57,67)(H,64,65)(H3,53,55,58)/t38-/m0/s1. The number of nitrogens with zero attached hydrogens (tertiary/aromatic N) is 4. The fraction of sp³-hybridized carbons (Fsp3) is 0.471. The number of hydrogen-bond donors (Lipinski definition) is 6. The molecule has 3 heterocycles. The van der Waals surface area contributed by atoms with Gasteiger partial charge in [0.25, 0.3) is 10.0 Å². The van der Waals surface area contributed by atoms with Crippen molar-refractivity contribution in [1.29, 1.82) is 0 Å². The second kappa shape index (κ2) is 21.5. The lowest BCUT2D eigenvalue weighted by molar-refractivity contribution is -0.150. The molecule has 3 aliphatic rings. The Labute approximate surface area is 422 Å². The smallest absolute Gasteiger partial charge is 0.410 e. The number of aliphatic imine (C=N–C) groups is 1.